The van der Waals surface area contributed by atoms with Gasteiger partial charge in [-0.15, -0.1) is 0 Å². The Kier molecular flexibility index (Phi) is 3.08. The van der Waals surface area contributed by atoms with Crippen molar-refractivity contribution in [3.8, 4) is 5.75 Å². The van der Waals surface area contributed by atoms with E-state index in [1.54, 1.807) is 4.72 Å². The summed E-state index contributed by atoms with van der Waals surface area (Å²) in [4.78, 5) is 10.0. The third-order valence-electron chi connectivity index (χ3n) is 1.57. The van der Waals surface area contributed by atoms with Crippen molar-refractivity contribution in [1.82, 2.24) is 4.72 Å². The molecule has 0 aliphatic heterocycles. The van der Waals surface area contributed by atoms with Crippen LogP contribution in [0, 0.1) is 0 Å². The molecule has 1 rings (SSSR count). The fourth-order valence-corrected chi connectivity index (χ4v) is 1.64. The van der Waals surface area contributed by atoms with Gasteiger partial charge in [0.2, 0.25) is 6.41 Å². The molecular formula is C8H9NO4S. The Bertz CT molecular complexity index is 409. The number of nitrogens with one attached hydrogen (secondary N) is 1. The Labute approximate surface area is 81.7 Å². The topological polar surface area (TPSA) is 72.5 Å². The molecule has 1 aromatic carbocycles. The van der Waals surface area contributed by atoms with E-state index in [0.29, 0.717) is 5.75 Å². The van der Waals surface area contributed by atoms with Crippen molar-refractivity contribution < 1.29 is 17.9 Å². The molecule has 1 aromatic rings. The molecule has 0 aromatic heterocycles. The van der Waals surface area contributed by atoms with Gasteiger partial charge in [-0.3, -0.25) is 9.52 Å². The molecule has 1 N–H and O–H groups in total. The molecule has 14 heavy (non-hydrogen) atoms. The van der Waals surface area contributed by atoms with E-state index < -0.39 is 10.0 Å². The molecule has 5 nitrogen and oxygen atoms in total. The van der Waals surface area contributed by atoms with Crippen LogP contribution in [-0.4, -0.2) is 21.9 Å². The van der Waals surface area contributed by atoms with E-state index in [1.807, 2.05) is 0 Å². The van der Waals surface area contributed by atoms with Crippen molar-refractivity contribution in [3.05, 3.63) is 24.3 Å². The second kappa shape index (κ2) is 4.10. The van der Waals surface area contributed by atoms with Gasteiger partial charge in [-0.2, -0.15) is 0 Å². The molecule has 0 spiro atoms. The number of benzene rings is 1. The second-order valence-electron chi connectivity index (χ2n) is 2.41. The summed E-state index contributed by atoms with van der Waals surface area (Å²) in [6, 6.07) is 5.70. The van der Waals surface area contributed by atoms with E-state index in [2.05, 4.69) is 0 Å². The zero-order valence-corrected chi connectivity index (χ0v) is 8.24. The van der Waals surface area contributed by atoms with Gasteiger partial charge >= 0.3 is 0 Å². The number of hydrogen-bond acceptors (Lipinski definition) is 4. The number of carbonyl (C=O) groups is 1. The van der Waals surface area contributed by atoms with Crippen LogP contribution < -0.4 is 9.46 Å². The molecular weight excluding hydrogens is 206 g/mol. The summed E-state index contributed by atoms with van der Waals surface area (Å²) in [7, 11) is -2.23. The van der Waals surface area contributed by atoms with Crippen LogP contribution >= 0.6 is 0 Å². The van der Waals surface area contributed by atoms with Crippen molar-refractivity contribution >= 4 is 16.4 Å². The van der Waals surface area contributed by atoms with Gasteiger partial charge in [0.15, 0.2) is 0 Å². The van der Waals surface area contributed by atoms with Crippen molar-refractivity contribution in [1.29, 1.82) is 0 Å². The van der Waals surface area contributed by atoms with Gasteiger partial charge in [0.05, 0.1) is 12.0 Å². The Morgan fingerprint density at radius 2 is 1.86 bits per heavy atom. The normalized spacial score (nSPS) is 10.6. The van der Waals surface area contributed by atoms with Crippen molar-refractivity contribution in [2.75, 3.05) is 7.11 Å². The van der Waals surface area contributed by atoms with Crippen LogP contribution in [0.15, 0.2) is 29.2 Å². The summed E-state index contributed by atoms with van der Waals surface area (Å²) in [6.07, 6.45) is 0.125. The predicted molar refractivity (Wildman–Crippen MR) is 49.4 cm³/mol. The quantitative estimate of drug-likeness (QED) is 0.724. The van der Waals surface area contributed by atoms with E-state index in [1.165, 1.54) is 31.4 Å². The molecule has 0 fully saturated rings. The first kappa shape index (κ1) is 10.5. The highest BCUT2D eigenvalue weighted by atomic mass is 32.2. The molecule has 0 aliphatic carbocycles. The summed E-state index contributed by atoms with van der Waals surface area (Å²) >= 11 is 0. The monoisotopic (exact) mass is 215 g/mol. The molecule has 0 bridgehead atoms. The molecule has 1 amide bonds. The minimum atomic E-state index is -3.71. The van der Waals surface area contributed by atoms with Crippen molar-refractivity contribution in [2.24, 2.45) is 0 Å². The zero-order chi connectivity index (χ0) is 10.6. The van der Waals surface area contributed by atoms with Gasteiger partial charge < -0.3 is 4.74 Å². The van der Waals surface area contributed by atoms with E-state index in [9.17, 15) is 13.2 Å². The molecule has 0 atom stereocenters. The molecule has 0 saturated heterocycles. The first-order valence-corrected chi connectivity index (χ1v) is 5.18. The summed E-state index contributed by atoms with van der Waals surface area (Å²) < 4.78 is 29.1. The molecule has 0 radical (unpaired) electrons. The van der Waals surface area contributed by atoms with E-state index in [-0.39, 0.29) is 11.3 Å². The van der Waals surface area contributed by atoms with Gasteiger partial charge in [-0.05, 0) is 24.3 Å². The molecule has 0 heterocycles. The number of sulfonamides is 1. The second-order valence-corrected chi connectivity index (χ2v) is 4.13. The Morgan fingerprint density at radius 3 is 2.29 bits per heavy atom. The average molecular weight is 215 g/mol. The van der Waals surface area contributed by atoms with Crippen LogP contribution in [0.4, 0.5) is 0 Å². The lowest BCUT2D eigenvalue weighted by Gasteiger charge is -2.03. The number of rotatable bonds is 4. The minimum absolute atomic E-state index is 0.0189. The first-order chi connectivity index (χ1) is 6.60. The zero-order valence-electron chi connectivity index (χ0n) is 7.43. The largest absolute Gasteiger partial charge is 0.497 e. The lowest BCUT2D eigenvalue weighted by atomic mass is 10.3. The number of carbonyl (C=O) groups excluding carboxylic acids is 1. The van der Waals surface area contributed by atoms with Gasteiger partial charge in [0.25, 0.3) is 10.0 Å². The van der Waals surface area contributed by atoms with Gasteiger partial charge in [0.1, 0.15) is 5.75 Å². The van der Waals surface area contributed by atoms with Crippen molar-refractivity contribution in [2.45, 2.75) is 4.90 Å². The summed E-state index contributed by atoms with van der Waals surface area (Å²) in [5.74, 6) is 0.551. The SMILES string of the molecule is COc1ccc(S(=O)(=O)NC=O)cc1. The first-order valence-electron chi connectivity index (χ1n) is 3.70. The summed E-state index contributed by atoms with van der Waals surface area (Å²) in [5, 5.41) is 0. The summed E-state index contributed by atoms with van der Waals surface area (Å²) in [5.41, 5.74) is 0. The molecule has 76 valence electrons. The Morgan fingerprint density at radius 1 is 1.29 bits per heavy atom. The van der Waals surface area contributed by atoms with Crippen molar-refractivity contribution in [3.63, 3.8) is 0 Å². The maximum Gasteiger partial charge on any atom is 0.263 e. The third kappa shape index (κ3) is 2.23. The van der Waals surface area contributed by atoms with Crippen LogP contribution in [0.1, 0.15) is 0 Å². The van der Waals surface area contributed by atoms with E-state index >= 15 is 0 Å². The van der Waals surface area contributed by atoms with Crippen LogP contribution in [0.25, 0.3) is 0 Å². The number of hydrogen-bond donors (Lipinski definition) is 1. The molecule has 0 saturated carbocycles. The molecule has 6 heteroatoms. The lowest BCUT2D eigenvalue weighted by molar-refractivity contribution is -0.108. The lowest BCUT2D eigenvalue weighted by Crippen LogP contribution is -2.21. The van der Waals surface area contributed by atoms with Crippen LogP contribution in [0.3, 0.4) is 0 Å². The highest BCUT2D eigenvalue weighted by molar-refractivity contribution is 7.90. The van der Waals surface area contributed by atoms with Crippen LogP contribution in [-0.2, 0) is 14.8 Å². The smallest absolute Gasteiger partial charge is 0.263 e. The Hall–Kier alpha value is -1.56. The number of ether oxygens (including phenoxy) is 1. The van der Waals surface area contributed by atoms with E-state index in [4.69, 9.17) is 4.74 Å². The Balaban J connectivity index is 3.03. The van der Waals surface area contributed by atoms with Gasteiger partial charge in [0, 0.05) is 0 Å². The predicted octanol–water partition coefficient (Wildman–Crippen LogP) is 0.130. The molecule has 0 aliphatic rings. The highest BCUT2D eigenvalue weighted by Gasteiger charge is 2.11. The van der Waals surface area contributed by atoms with Gasteiger partial charge in [-0.1, -0.05) is 0 Å². The van der Waals surface area contributed by atoms with E-state index in [0.717, 1.165) is 0 Å². The summed E-state index contributed by atoms with van der Waals surface area (Å²) in [6.45, 7) is 0. The minimum Gasteiger partial charge on any atom is -0.497 e. The highest BCUT2D eigenvalue weighted by Crippen LogP contribution is 2.14. The maximum absolute atomic E-state index is 11.2. The number of methoxy groups -OCH3 is 1. The third-order valence-corrected chi connectivity index (χ3v) is 2.87. The molecule has 0 unspecified atom stereocenters. The number of amides is 1. The average Bonchev–Trinajstić information content (AvgIpc) is 2.18. The fraction of sp³-hybridized carbons (Fsp3) is 0.125. The maximum atomic E-state index is 11.2. The fourth-order valence-electron chi connectivity index (χ4n) is 0.886. The van der Waals surface area contributed by atoms with Crippen LogP contribution in [0.5, 0.6) is 5.75 Å². The van der Waals surface area contributed by atoms with Gasteiger partial charge in [-0.25, -0.2) is 8.42 Å². The standard InChI is InChI=1S/C8H9NO4S/c1-13-7-2-4-8(5-3-7)14(11,12)9-6-10/h2-6H,1H3,(H,9,10). The van der Waals surface area contributed by atoms with Crippen LogP contribution in [0.2, 0.25) is 0 Å².